The normalized spacial score (nSPS) is 11.3. The summed E-state index contributed by atoms with van der Waals surface area (Å²) in [4.78, 5) is 32.4. The molecule has 0 aliphatic heterocycles. The average molecular weight is 642 g/mol. The summed E-state index contributed by atoms with van der Waals surface area (Å²) < 4.78 is 21.5. The van der Waals surface area contributed by atoms with Crippen LogP contribution in [0.2, 0.25) is 0 Å². The fraction of sp³-hybridized carbons (Fsp3) is 0.147. The quantitative estimate of drug-likeness (QED) is 0.134. The number of hydrogen-bond donors (Lipinski definition) is 2. The largest absolute Gasteiger partial charge is 0.496 e. The summed E-state index contributed by atoms with van der Waals surface area (Å²) in [5, 5.41) is 7.67. The van der Waals surface area contributed by atoms with Gasteiger partial charge in [0.25, 0.3) is 5.91 Å². The van der Waals surface area contributed by atoms with Gasteiger partial charge in [0.05, 0.1) is 34.1 Å². The van der Waals surface area contributed by atoms with Crippen LogP contribution in [0, 0.1) is 0 Å². The first-order chi connectivity index (χ1) is 21.9. The Kier molecular flexibility index (Phi) is 10.2. The van der Waals surface area contributed by atoms with Gasteiger partial charge in [0.1, 0.15) is 22.3 Å². The molecule has 5 rings (SSSR count). The summed E-state index contributed by atoms with van der Waals surface area (Å²) >= 11 is 2.70. The van der Waals surface area contributed by atoms with Gasteiger partial charge in [-0.2, -0.15) is 0 Å². The van der Waals surface area contributed by atoms with Gasteiger partial charge in [-0.25, -0.2) is 4.98 Å². The number of carbonyl (C=O) groups is 2. The second kappa shape index (κ2) is 14.7. The number of nitrogens with one attached hydrogen (secondary N) is 2. The maximum absolute atomic E-state index is 13.7. The van der Waals surface area contributed by atoms with Crippen LogP contribution in [0.25, 0.3) is 11.3 Å². The molecule has 5 aromatic rings. The van der Waals surface area contributed by atoms with Crippen molar-refractivity contribution in [2.45, 2.75) is 10.1 Å². The zero-order valence-corrected chi connectivity index (χ0v) is 26.7. The molecule has 9 nitrogen and oxygen atoms in total. The maximum Gasteiger partial charge on any atom is 0.263 e. The van der Waals surface area contributed by atoms with Crippen molar-refractivity contribution in [3.63, 3.8) is 0 Å². The highest BCUT2D eigenvalue weighted by Gasteiger charge is 2.24. The van der Waals surface area contributed by atoms with Crippen molar-refractivity contribution in [3.8, 4) is 34.3 Å². The Morgan fingerprint density at radius 2 is 1.42 bits per heavy atom. The first-order valence-corrected chi connectivity index (χ1v) is 15.5. The molecule has 0 saturated heterocycles. The number of thioether (sulfide) groups is 1. The zero-order valence-electron chi connectivity index (χ0n) is 25.0. The molecule has 230 valence electrons. The van der Waals surface area contributed by atoms with Crippen LogP contribution in [0.5, 0.6) is 23.0 Å². The summed E-state index contributed by atoms with van der Waals surface area (Å²) in [5.74, 6) is 1.40. The van der Waals surface area contributed by atoms with Gasteiger partial charge in [-0.05, 0) is 54.1 Å². The molecule has 0 spiro atoms. The van der Waals surface area contributed by atoms with Gasteiger partial charge >= 0.3 is 0 Å². The number of aromatic nitrogens is 1. The second-order valence-corrected chi connectivity index (χ2v) is 11.6. The minimum Gasteiger partial charge on any atom is -0.496 e. The van der Waals surface area contributed by atoms with E-state index in [0.717, 1.165) is 16.0 Å². The highest BCUT2D eigenvalue weighted by Crippen LogP contribution is 2.39. The van der Waals surface area contributed by atoms with Gasteiger partial charge in [0.15, 0.2) is 16.6 Å². The predicted octanol–water partition coefficient (Wildman–Crippen LogP) is 7.57. The topological polar surface area (TPSA) is 108 Å². The third-order valence-electron chi connectivity index (χ3n) is 6.75. The monoisotopic (exact) mass is 641 g/mol. The highest BCUT2D eigenvalue weighted by molar-refractivity contribution is 8.00. The Labute approximate surface area is 269 Å². The van der Waals surface area contributed by atoms with Crippen molar-refractivity contribution in [1.82, 2.24) is 4.98 Å². The Hall–Kier alpha value is -5.00. The van der Waals surface area contributed by atoms with Gasteiger partial charge in [-0.3, -0.25) is 9.59 Å². The molecule has 1 unspecified atom stereocenters. The molecular weight excluding hydrogens is 611 g/mol. The first-order valence-electron chi connectivity index (χ1n) is 13.8. The number of anilines is 2. The molecule has 1 heterocycles. The average Bonchev–Trinajstić information content (AvgIpc) is 3.55. The van der Waals surface area contributed by atoms with Crippen molar-refractivity contribution in [2.24, 2.45) is 0 Å². The van der Waals surface area contributed by atoms with E-state index in [1.807, 2.05) is 72.1 Å². The Balaban J connectivity index is 1.35. The van der Waals surface area contributed by atoms with E-state index in [1.165, 1.54) is 37.3 Å². The maximum atomic E-state index is 13.7. The molecule has 4 aromatic carbocycles. The Morgan fingerprint density at radius 3 is 2.11 bits per heavy atom. The van der Waals surface area contributed by atoms with Gasteiger partial charge < -0.3 is 29.6 Å². The van der Waals surface area contributed by atoms with Crippen molar-refractivity contribution in [1.29, 1.82) is 0 Å². The zero-order chi connectivity index (χ0) is 31.8. The van der Waals surface area contributed by atoms with Gasteiger partial charge in [0, 0.05) is 21.5 Å². The van der Waals surface area contributed by atoms with Crippen LogP contribution in [0.4, 0.5) is 10.8 Å². The number of rotatable bonds is 12. The summed E-state index contributed by atoms with van der Waals surface area (Å²) in [5.41, 5.74) is 3.21. The molecule has 11 heteroatoms. The van der Waals surface area contributed by atoms with Gasteiger partial charge in [-0.1, -0.05) is 42.5 Å². The summed E-state index contributed by atoms with van der Waals surface area (Å²) in [6.07, 6.45) is 0. The smallest absolute Gasteiger partial charge is 0.263 e. The van der Waals surface area contributed by atoms with Crippen molar-refractivity contribution >= 4 is 45.7 Å². The van der Waals surface area contributed by atoms with Crippen molar-refractivity contribution in [2.75, 3.05) is 39.1 Å². The number of benzene rings is 4. The number of thiazole rings is 1. The van der Waals surface area contributed by atoms with E-state index >= 15 is 0 Å². The van der Waals surface area contributed by atoms with Crippen molar-refractivity contribution in [3.05, 3.63) is 108 Å². The number of carbonyl (C=O) groups excluding carboxylic acids is 2. The molecular formula is C34H31N3O6S2. The molecule has 0 aliphatic carbocycles. The summed E-state index contributed by atoms with van der Waals surface area (Å²) in [6, 6.07) is 27.6. The van der Waals surface area contributed by atoms with Crippen LogP contribution in [-0.4, -0.2) is 45.2 Å². The van der Waals surface area contributed by atoms with Crippen LogP contribution < -0.4 is 29.6 Å². The van der Waals surface area contributed by atoms with Crippen LogP contribution in [-0.2, 0) is 4.79 Å². The fourth-order valence-electron chi connectivity index (χ4n) is 4.58. The highest BCUT2D eigenvalue weighted by atomic mass is 32.2. The van der Waals surface area contributed by atoms with E-state index in [1.54, 1.807) is 38.5 Å². The minimum absolute atomic E-state index is 0.229. The summed E-state index contributed by atoms with van der Waals surface area (Å²) in [7, 11) is 6.17. The third-order valence-corrected chi connectivity index (χ3v) is 8.76. The summed E-state index contributed by atoms with van der Waals surface area (Å²) in [6.45, 7) is 0. The predicted molar refractivity (Wildman–Crippen MR) is 178 cm³/mol. The Morgan fingerprint density at radius 1 is 0.733 bits per heavy atom. The minimum atomic E-state index is -0.597. The molecule has 0 bridgehead atoms. The van der Waals surface area contributed by atoms with Crippen LogP contribution in [0.3, 0.4) is 0 Å². The standard InChI is InChI=1S/C34H31N3O6S2/c1-40-26-17-16-22(18-29(26)43-4)25-20-44-34(36-25)37-33(39)31(21-10-6-5-7-11-21)45-24-13-8-12-23(19-24)35-32(38)30-27(41-2)14-9-15-28(30)42-3/h5-20,31H,1-4H3,(H,35,38)(H,36,37,39). The molecule has 1 atom stereocenters. The Bertz CT molecular complexity index is 1770. The van der Waals surface area contributed by atoms with E-state index in [-0.39, 0.29) is 17.4 Å². The van der Waals surface area contributed by atoms with E-state index in [4.69, 9.17) is 18.9 Å². The molecule has 2 N–H and O–H groups in total. The van der Waals surface area contributed by atoms with Crippen LogP contribution in [0.15, 0.2) is 101 Å². The lowest BCUT2D eigenvalue weighted by Crippen LogP contribution is -2.19. The van der Waals surface area contributed by atoms with Gasteiger partial charge in [-0.15, -0.1) is 23.1 Å². The van der Waals surface area contributed by atoms with E-state index < -0.39 is 5.25 Å². The number of nitrogens with zero attached hydrogens (tertiary/aromatic N) is 1. The van der Waals surface area contributed by atoms with E-state index in [9.17, 15) is 9.59 Å². The number of hydrogen-bond acceptors (Lipinski definition) is 9. The van der Waals surface area contributed by atoms with E-state index in [0.29, 0.717) is 39.5 Å². The first kappa shape index (κ1) is 31.4. The SMILES string of the molecule is COc1ccc(-c2csc(NC(=O)C(Sc3cccc(NC(=O)c4c(OC)cccc4OC)c3)c3ccccc3)n2)cc1OC. The van der Waals surface area contributed by atoms with Crippen LogP contribution in [0.1, 0.15) is 21.2 Å². The molecule has 0 radical (unpaired) electrons. The molecule has 2 amide bonds. The molecule has 0 saturated carbocycles. The van der Waals surface area contributed by atoms with Gasteiger partial charge in [0.2, 0.25) is 5.91 Å². The van der Waals surface area contributed by atoms with E-state index in [2.05, 4.69) is 15.6 Å². The molecule has 1 aromatic heterocycles. The number of ether oxygens (including phenoxy) is 4. The van der Waals surface area contributed by atoms with Crippen molar-refractivity contribution < 1.29 is 28.5 Å². The van der Waals surface area contributed by atoms with Crippen LogP contribution >= 0.6 is 23.1 Å². The lowest BCUT2D eigenvalue weighted by Gasteiger charge is -2.17. The fourth-order valence-corrected chi connectivity index (χ4v) is 6.39. The number of amides is 2. The molecule has 0 aliphatic rings. The molecule has 45 heavy (non-hydrogen) atoms. The second-order valence-electron chi connectivity index (χ2n) is 9.52. The lowest BCUT2D eigenvalue weighted by molar-refractivity contribution is -0.115. The molecule has 0 fully saturated rings. The number of methoxy groups -OCH3 is 4. The lowest BCUT2D eigenvalue weighted by atomic mass is 10.1. The third kappa shape index (κ3) is 7.39.